The van der Waals surface area contributed by atoms with E-state index in [4.69, 9.17) is 9.47 Å². The van der Waals surface area contributed by atoms with Crippen molar-refractivity contribution in [3.05, 3.63) is 110 Å². The van der Waals surface area contributed by atoms with E-state index >= 15 is 0 Å². The molecule has 3 aromatic carbocycles. The molecule has 3 aromatic rings. The lowest BCUT2D eigenvalue weighted by Crippen LogP contribution is -2.09. The van der Waals surface area contributed by atoms with Gasteiger partial charge in [-0.05, 0) is 55.1 Å². The number of carbonyl (C=O) groups is 1. The molecule has 0 fully saturated rings. The van der Waals surface area contributed by atoms with Gasteiger partial charge in [-0.3, -0.25) is 0 Å². The van der Waals surface area contributed by atoms with Gasteiger partial charge in [0.25, 0.3) is 5.95 Å². The number of ether oxygens (including phenoxy) is 2. The van der Waals surface area contributed by atoms with Gasteiger partial charge in [0, 0.05) is 23.1 Å². The molecule has 0 spiro atoms. The Labute approximate surface area is 158 Å². The SMILES string of the molecule is C=CC(=O)OC(=C)Oc1ccc(N(c2ccccc2)c2ccccc2)cc1. The third kappa shape index (κ3) is 4.64. The van der Waals surface area contributed by atoms with Crippen molar-refractivity contribution in [2.45, 2.75) is 0 Å². The van der Waals surface area contributed by atoms with Crippen LogP contribution in [0.4, 0.5) is 17.1 Å². The van der Waals surface area contributed by atoms with Crippen LogP contribution in [0.1, 0.15) is 0 Å². The second kappa shape index (κ2) is 8.54. The van der Waals surface area contributed by atoms with Crippen molar-refractivity contribution >= 4 is 23.0 Å². The first-order valence-electron chi connectivity index (χ1n) is 8.38. The van der Waals surface area contributed by atoms with Gasteiger partial charge >= 0.3 is 5.97 Å². The summed E-state index contributed by atoms with van der Waals surface area (Å²) in [5.41, 5.74) is 3.05. The van der Waals surface area contributed by atoms with E-state index in [9.17, 15) is 4.79 Å². The number of rotatable bonds is 7. The largest absolute Gasteiger partial charge is 0.426 e. The van der Waals surface area contributed by atoms with E-state index in [1.165, 1.54) is 0 Å². The van der Waals surface area contributed by atoms with Crippen LogP contribution in [0.25, 0.3) is 0 Å². The maximum atomic E-state index is 11.2. The van der Waals surface area contributed by atoms with Gasteiger partial charge in [0.2, 0.25) is 0 Å². The van der Waals surface area contributed by atoms with Crippen LogP contribution in [0.5, 0.6) is 5.75 Å². The number of para-hydroxylation sites is 2. The van der Waals surface area contributed by atoms with Gasteiger partial charge in [0.15, 0.2) is 0 Å². The van der Waals surface area contributed by atoms with Crippen LogP contribution in [-0.4, -0.2) is 5.97 Å². The molecule has 134 valence electrons. The summed E-state index contributed by atoms with van der Waals surface area (Å²) in [6, 6.07) is 27.6. The average molecular weight is 357 g/mol. The molecule has 0 aliphatic heterocycles. The fraction of sp³-hybridized carbons (Fsp3) is 0. The minimum absolute atomic E-state index is 0.101. The topological polar surface area (TPSA) is 38.8 Å². The number of anilines is 3. The summed E-state index contributed by atoms with van der Waals surface area (Å²) in [7, 11) is 0. The predicted molar refractivity (Wildman–Crippen MR) is 107 cm³/mol. The zero-order valence-corrected chi connectivity index (χ0v) is 14.7. The molecule has 0 saturated heterocycles. The fourth-order valence-electron chi connectivity index (χ4n) is 2.57. The zero-order valence-electron chi connectivity index (χ0n) is 14.7. The zero-order chi connectivity index (χ0) is 19.1. The van der Waals surface area contributed by atoms with Crippen LogP contribution in [0, 0.1) is 0 Å². The molecule has 0 aliphatic rings. The Morgan fingerprint density at radius 3 is 1.74 bits per heavy atom. The lowest BCUT2D eigenvalue weighted by Gasteiger charge is -2.25. The fourth-order valence-corrected chi connectivity index (χ4v) is 2.57. The predicted octanol–water partition coefficient (Wildman–Crippen LogP) is 5.74. The molecule has 3 rings (SSSR count). The highest BCUT2D eigenvalue weighted by Crippen LogP contribution is 2.34. The summed E-state index contributed by atoms with van der Waals surface area (Å²) < 4.78 is 10.3. The number of hydrogen-bond acceptors (Lipinski definition) is 4. The van der Waals surface area contributed by atoms with E-state index in [0.717, 1.165) is 23.1 Å². The summed E-state index contributed by atoms with van der Waals surface area (Å²) in [6.45, 7) is 6.90. The van der Waals surface area contributed by atoms with Gasteiger partial charge < -0.3 is 14.4 Å². The summed E-state index contributed by atoms with van der Waals surface area (Å²) in [5.74, 6) is -0.201. The van der Waals surface area contributed by atoms with Gasteiger partial charge in [-0.15, -0.1) is 0 Å². The quantitative estimate of drug-likeness (QED) is 0.307. The highest BCUT2D eigenvalue weighted by molar-refractivity contribution is 5.82. The molecule has 4 nitrogen and oxygen atoms in total. The molecule has 0 aliphatic carbocycles. The van der Waals surface area contributed by atoms with Gasteiger partial charge in [0.05, 0.1) is 0 Å². The highest BCUT2D eigenvalue weighted by Gasteiger charge is 2.12. The minimum Gasteiger partial charge on any atom is -0.426 e. The Balaban J connectivity index is 1.85. The second-order valence-electron chi connectivity index (χ2n) is 5.60. The number of benzene rings is 3. The Kier molecular flexibility index (Phi) is 5.70. The number of nitrogens with zero attached hydrogens (tertiary/aromatic N) is 1. The van der Waals surface area contributed by atoms with Crippen LogP contribution in [0.15, 0.2) is 110 Å². The van der Waals surface area contributed by atoms with Crippen LogP contribution >= 0.6 is 0 Å². The van der Waals surface area contributed by atoms with Gasteiger partial charge in [-0.2, -0.15) is 0 Å². The van der Waals surface area contributed by atoms with Crippen molar-refractivity contribution in [1.82, 2.24) is 0 Å². The van der Waals surface area contributed by atoms with Crippen molar-refractivity contribution in [1.29, 1.82) is 0 Å². The van der Waals surface area contributed by atoms with Gasteiger partial charge in [-0.1, -0.05) is 43.0 Å². The maximum absolute atomic E-state index is 11.2. The van der Waals surface area contributed by atoms with Crippen molar-refractivity contribution in [3.8, 4) is 5.75 Å². The monoisotopic (exact) mass is 357 g/mol. The Morgan fingerprint density at radius 2 is 1.26 bits per heavy atom. The molecule has 27 heavy (non-hydrogen) atoms. The third-order valence-corrected chi connectivity index (χ3v) is 3.74. The smallest absolute Gasteiger partial charge is 0.337 e. The average Bonchev–Trinajstić information content (AvgIpc) is 2.71. The molecule has 0 aromatic heterocycles. The molecule has 4 heteroatoms. The highest BCUT2D eigenvalue weighted by atomic mass is 16.7. The van der Waals surface area contributed by atoms with Crippen molar-refractivity contribution in [3.63, 3.8) is 0 Å². The Hall–Kier alpha value is -3.79. The van der Waals surface area contributed by atoms with Gasteiger partial charge in [-0.25, -0.2) is 4.79 Å². The normalized spacial score (nSPS) is 9.93. The molecule has 0 atom stereocenters. The van der Waals surface area contributed by atoms with Gasteiger partial charge in [0.1, 0.15) is 5.75 Å². The summed E-state index contributed by atoms with van der Waals surface area (Å²) in [4.78, 5) is 13.3. The standard InChI is InChI=1S/C23H19NO3/c1-3-23(25)27-18(2)26-22-16-14-21(15-17-22)24(19-10-6-4-7-11-19)20-12-8-5-9-13-20/h3-17H,1-2H2. The summed E-state index contributed by atoms with van der Waals surface area (Å²) in [6.07, 6.45) is 1.05. The van der Waals surface area contributed by atoms with Crippen LogP contribution < -0.4 is 9.64 Å². The minimum atomic E-state index is -0.615. The van der Waals surface area contributed by atoms with E-state index in [1.54, 1.807) is 12.1 Å². The third-order valence-electron chi connectivity index (χ3n) is 3.74. The molecule has 0 saturated carbocycles. The summed E-state index contributed by atoms with van der Waals surface area (Å²) >= 11 is 0. The van der Waals surface area contributed by atoms with Crippen LogP contribution in [-0.2, 0) is 9.53 Å². The Morgan fingerprint density at radius 1 is 0.778 bits per heavy atom. The van der Waals surface area contributed by atoms with Crippen molar-refractivity contribution < 1.29 is 14.3 Å². The Bertz CT molecular complexity index is 879. The second-order valence-corrected chi connectivity index (χ2v) is 5.60. The number of esters is 1. The molecule has 0 N–H and O–H groups in total. The lowest BCUT2D eigenvalue weighted by atomic mass is 10.2. The van der Waals surface area contributed by atoms with Crippen molar-refractivity contribution in [2.24, 2.45) is 0 Å². The molecule has 0 heterocycles. The number of carbonyl (C=O) groups excluding carboxylic acids is 1. The molecular weight excluding hydrogens is 338 g/mol. The lowest BCUT2D eigenvalue weighted by molar-refractivity contribution is -0.136. The first-order chi connectivity index (χ1) is 13.2. The van der Waals surface area contributed by atoms with Crippen molar-refractivity contribution in [2.75, 3.05) is 4.90 Å². The molecule has 0 unspecified atom stereocenters. The first-order valence-corrected chi connectivity index (χ1v) is 8.38. The van der Waals surface area contributed by atoms with E-state index < -0.39 is 5.97 Å². The molecule has 0 amide bonds. The van der Waals surface area contributed by atoms with E-state index in [2.05, 4.69) is 18.1 Å². The van der Waals surface area contributed by atoms with Crippen LogP contribution in [0.3, 0.4) is 0 Å². The molecule has 0 radical (unpaired) electrons. The number of hydrogen-bond donors (Lipinski definition) is 0. The first kappa shape index (κ1) is 18.0. The summed E-state index contributed by atoms with van der Waals surface area (Å²) in [5, 5.41) is 0. The van der Waals surface area contributed by atoms with E-state index in [0.29, 0.717) is 5.75 Å². The maximum Gasteiger partial charge on any atom is 0.337 e. The van der Waals surface area contributed by atoms with Crippen LogP contribution in [0.2, 0.25) is 0 Å². The molecule has 0 bridgehead atoms. The van der Waals surface area contributed by atoms with E-state index in [1.807, 2.05) is 72.8 Å². The van der Waals surface area contributed by atoms with E-state index in [-0.39, 0.29) is 5.95 Å². The molecular formula is C23H19NO3.